The normalized spacial score (nSPS) is 28.6. The lowest BCUT2D eigenvalue weighted by molar-refractivity contribution is -0.0680. The van der Waals surface area contributed by atoms with Gasteiger partial charge in [-0.2, -0.15) is 0 Å². The van der Waals surface area contributed by atoms with E-state index in [1.54, 1.807) is 7.11 Å². The maximum absolute atomic E-state index is 12.2. The largest absolute Gasteiger partial charge is 0.396 e. The molecule has 0 bridgehead atoms. The zero-order valence-electron chi connectivity index (χ0n) is 12.7. The van der Waals surface area contributed by atoms with Gasteiger partial charge in [-0.1, -0.05) is 0 Å². The molecular weight excluding hydrogens is 256 g/mol. The van der Waals surface area contributed by atoms with Crippen LogP contribution in [0.1, 0.15) is 44.9 Å². The van der Waals surface area contributed by atoms with E-state index in [1.165, 1.54) is 6.42 Å². The number of hydrogen-bond acceptors (Lipinski definition) is 3. The van der Waals surface area contributed by atoms with Crippen LogP contribution in [0.3, 0.4) is 0 Å². The van der Waals surface area contributed by atoms with Crippen molar-refractivity contribution in [3.8, 4) is 0 Å². The lowest BCUT2D eigenvalue weighted by atomic mass is 9.80. The summed E-state index contributed by atoms with van der Waals surface area (Å²) in [7, 11) is 3.60. The molecule has 0 aromatic rings. The van der Waals surface area contributed by atoms with Gasteiger partial charge in [0.25, 0.3) is 0 Å². The topological polar surface area (TPSA) is 61.8 Å². The van der Waals surface area contributed by atoms with Crippen molar-refractivity contribution < 1.29 is 14.6 Å². The van der Waals surface area contributed by atoms with Crippen LogP contribution < -0.4 is 5.32 Å². The van der Waals surface area contributed by atoms with Gasteiger partial charge in [-0.3, -0.25) is 0 Å². The third kappa shape index (κ3) is 3.44. The summed E-state index contributed by atoms with van der Waals surface area (Å²) in [5, 5.41) is 12.2. The molecule has 2 rings (SSSR count). The average molecular weight is 284 g/mol. The number of ether oxygens (including phenoxy) is 1. The van der Waals surface area contributed by atoms with E-state index in [9.17, 15) is 4.79 Å². The van der Waals surface area contributed by atoms with Crippen LogP contribution in [-0.2, 0) is 4.74 Å². The lowest BCUT2D eigenvalue weighted by Gasteiger charge is -2.41. The van der Waals surface area contributed by atoms with Gasteiger partial charge in [0.05, 0.1) is 5.60 Å². The van der Waals surface area contributed by atoms with Gasteiger partial charge < -0.3 is 20.1 Å². The summed E-state index contributed by atoms with van der Waals surface area (Å²) in [6, 6.07) is 0.304. The summed E-state index contributed by atoms with van der Waals surface area (Å²) in [4.78, 5) is 14.0. The highest BCUT2D eigenvalue weighted by molar-refractivity contribution is 5.74. The molecule has 0 aromatic heterocycles. The van der Waals surface area contributed by atoms with Crippen LogP contribution in [0.5, 0.6) is 0 Å². The summed E-state index contributed by atoms with van der Waals surface area (Å²) < 4.78 is 5.52. The highest BCUT2D eigenvalue weighted by Crippen LogP contribution is 2.34. The summed E-state index contributed by atoms with van der Waals surface area (Å²) in [6.45, 7) is 0.887. The maximum Gasteiger partial charge on any atom is 0.317 e. The number of nitrogens with one attached hydrogen (secondary N) is 1. The smallest absolute Gasteiger partial charge is 0.317 e. The fourth-order valence-electron chi connectivity index (χ4n) is 3.27. The molecule has 5 heteroatoms. The van der Waals surface area contributed by atoms with Gasteiger partial charge in [-0.05, 0) is 50.9 Å². The minimum Gasteiger partial charge on any atom is -0.396 e. The van der Waals surface area contributed by atoms with Gasteiger partial charge >= 0.3 is 6.03 Å². The molecule has 0 unspecified atom stereocenters. The Morgan fingerprint density at radius 1 is 1.35 bits per heavy atom. The van der Waals surface area contributed by atoms with Crippen molar-refractivity contribution in [2.24, 2.45) is 5.92 Å². The summed E-state index contributed by atoms with van der Waals surface area (Å²) in [5.74, 6) is 0.425. The van der Waals surface area contributed by atoms with E-state index in [2.05, 4.69) is 5.32 Å². The first-order valence-electron chi connectivity index (χ1n) is 7.77. The predicted molar refractivity (Wildman–Crippen MR) is 77.6 cm³/mol. The number of urea groups is 1. The van der Waals surface area contributed by atoms with Crippen LogP contribution >= 0.6 is 0 Å². The number of amides is 2. The summed E-state index contributed by atoms with van der Waals surface area (Å²) in [6.07, 6.45) is 7.27. The Morgan fingerprint density at radius 3 is 2.45 bits per heavy atom. The molecule has 0 spiro atoms. The second-order valence-electron chi connectivity index (χ2n) is 6.37. The molecule has 0 saturated heterocycles. The first kappa shape index (κ1) is 15.6. The molecule has 0 atom stereocenters. The minimum absolute atomic E-state index is 0.000716. The van der Waals surface area contributed by atoms with Crippen LogP contribution in [0.4, 0.5) is 4.79 Å². The molecule has 2 fully saturated rings. The molecular formula is C15H28N2O3. The van der Waals surface area contributed by atoms with E-state index in [4.69, 9.17) is 9.84 Å². The third-order valence-electron chi connectivity index (χ3n) is 5.20. The van der Waals surface area contributed by atoms with Gasteiger partial charge in [0, 0.05) is 33.4 Å². The zero-order valence-corrected chi connectivity index (χ0v) is 12.7. The average Bonchev–Trinajstić information content (AvgIpc) is 2.45. The molecule has 0 aromatic carbocycles. The third-order valence-corrected chi connectivity index (χ3v) is 5.20. The zero-order chi connectivity index (χ0) is 14.6. The number of aliphatic hydroxyl groups is 1. The molecule has 20 heavy (non-hydrogen) atoms. The first-order valence-corrected chi connectivity index (χ1v) is 7.77. The molecule has 116 valence electrons. The number of methoxy groups -OCH3 is 1. The molecule has 2 aliphatic rings. The number of carbonyl (C=O) groups excluding carboxylic acids is 1. The Bertz CT molecular complexity index is 318. The Morgan fingerprint density at radius 2 is 2.00 bits per heavy atom. The molecule has 5 nitrogen and oxygen atoms in total. The van der Waals surface area contributed by atoms with Crippen LogP contribution in [0, 0.1) is 5.92 Å². The van der Waals surface area contributed by atoms with E-state index < -0.39 is 0 Å². The van der Waals surface area contributed by atoms with Crippen molar-refractivity contribution in [3.05, 3.63) is 0 Å². The quantitative estimate of drug-likeness (QED) is 0.808. The first-order chi connectivity index (χ1) is 9.60. The number of aliphatic hydroxyl groups excluding tert-OH is 1. The van der Waals surface area contributed by atoms with Crippen LogP contribution in [0.2, 0.25) is 0 Å². The number of nitrogens with zero attached hydrogens (tertiary/aromatic N) is 1. The minimum atomic E-state index is -0.120. The lowest BCUT2D eigenvalue weighted by Crippen LogP contribution is -2.53. The van der Waals surface area contributed by atoms with Gasteiger partial charge in [0.15, 0.2) is 0 Å². The summed E-state index contributed by atoms with van der Waals surface area (Å²) >= 11 is 0. The highest BCUT2D eigenvalue weighted by atomic mass is 16.5. The van der Waals surface area contributed by atoms with E-state index >= 15 is 0 Å². The van der Waals surface area contributed by atoms with E-state index in [-0.39, 0.29) is 18.2 Å². The fourth-order valence-corrected chi connectivity index (χ4v) is 3.27. The molecule has 2 amide bonds. The monoisotopic (exact) mass is 284 g/mol. The van der Waals surface area contributed by atoms with E-state index in [0.29, 0.717) is 18.5 Å². The standard InChI is InChI=1S/C15H28N2O3/c1-17(13-6-4-12(10-18)5-7-13)14(19)16-11-15(20-2)8-3-9-15/h12-13,18H,3-11H2,1-2H3,(H,16,19). The Labute approximate surface area is 121 Å². The summed E-state index contributed by atoms with van der Waals surface area (Å²) in [5.41, 5.74) is -0.120. The molecule has 0 radical (unpaired) electrons. The second-order valence-corrected chi connectivity index (χ2v) is 6.37. The molecule has 0 heterocycles. The van der Waals surface area contributed by atoms with Crippen LogP contribution in [-0.4, -0.2) is 55.0 Å². The van der Waals surface area contributed by atoms with Crippen molar-refractivity contribution in [1.29, 1.82) is 0 Å². The maximum atomic E-state index is 12.2. The Kier molecular flexibility index (Phi) is 5.27. The SMILES string of the molecule is COC1(CNC(=O)N(C)C2CCC(CO)CC2)CCC1. The molecule has 2 saturated carbocycles. The second kappa shape index (κ2) is 6.76. The van der Waals surface area contributed by atoms with Crippen molar-refractivity contribution in [2.45, 2.75) is 56.6 Å². The molecule has 2 N–H and O–H groups in total. The van der Waals surface area contributed by atoms with Crippen molar-refractivity contribution in [1.82, 2.24) is 10.2 Å². The number of carbonyl (C=O) groups is 1. The van der Waals surface area contributed by atoms with E-state index in [0.717, 1.165) is 38.5 Å². The van der Waals surface area contributed by atoms with Crippen LogP contribution in [0.25, 0.3) is 0 Å². The van der Waals surface area contributed by atoms with Gasteiger partial charge in [0.2, 0.25) is 0 Å². The van der Waals surface area contributed by atoms with Gasteiger partial charge in [-0.25, -0.2) is 4.79 Å². The Hall–Kier alpha value is -0.810. The van der Waals surface area contributed by atoms with Crippen molar-refractivity contribution in [2.75, 3.05) is 27.3 Å². The molecule has 2 aliphatic carbocycles. The van der Waals surface area contributed by atoms with Crippen molar-refractivity contribution in [3.63, 3.8) is 0 Å². The predicted octanol–water partition coefficient (Wildman–Crippen LogP) is 1.75. The highest BCUT2D eigenvalue weighted by Gasteiger charge is 2.37. The van der Waals surface area contributed by atoms with Gasteiger partial charge in [0.1, 0.15) is 0 Å². The number of rotatable bonds is 5. The van der Waals surface area contributed by atoms with Gasteiger partial charge in [-0.15, -0.1) is 0 Å². The fraction of sp³-hybridized carbons (Fsp3) is 0.933. The number of hydrogen-bond donors (Lipinski definition) is 2. The van der Waals surface area contributed by atoms with E-state index in [1.807, 2.05) is 11.9 Å². The molecule has 0 aliphatic heterocycles. The van der Waals surface area contributed by atoms with Crippen molar-refractivity contribution >= 4 is 6.03 Å². The Balaban J connectivity index is 1.74. The van der Waals surface area contributed by atoms with Crippen LogP contribution in [0.15, 0.2) is 0 Å².